The van der Waals surface area contributed by atoms with Crippen molar-refractivity contribution in [3.8, 4) is 0 Å². The Morgan fingerprint density at radius 1 is 1.50 bits per heavy atom. The zero-order chi connectivity index (χ0) is 11.3. The van der Waals surface area contributed by atoms with E-state index in [-0.39, 0.29) is 5.91 Å². The predicted molar refractivity (Wildman–Crippen MR) is 67.0 cm³/mol. The molecule has 1 saturated carbocycles. The molecule has 0 bridgehead atoms. The lowest BCUT2D eigenvalue weighted by Crippen LogP contribution is -2.28. The maximum atomic E-state index is 11.4. The van der Waals surface area contributed by atoms with Crippen LogP contribution in [0.1, 0.15) is 17.8 Å². The summed E-state index contributed by atoms with van der Waals surface area (Å²) in [6, 6.07) is 5.80. The molecule has 1 aliphatic rings. The van der Waals surface area contributed by atoms with E-state index in [4.69, 9.17) is 5.73 Å². The van der Waals surface area contributed by atoms with Crippen molar-refractivity contribution in [3.05, 3.63) is 23.2 Å². The summed E-state index contributed by atoms with van der Waals surface area (Å²) in [5.74, 6) is -0.252. The Morgan fingerprint density at radius 2 is 2.25 bits per heavy atom. The van der Waals surface area contributed by atoms with Gasteiger partial charge in [-0.25, -0.2) is 4.98 Å². The predicted octanol–water partition coefficient (Wildman–Crippen LogP) is 2.10. The number of aromatic nitrogens is 1. The molecule has 5 heteroatoms. The van der Waals surface area contributed by atoms with E-state index in [1.54, 1.807) is 11.3 Å². The number of thiazole rings is 1. The first kappa shape index (κ1) is 10.1. The Kier molecular flexibility index (Phi) is 2.03. The molecule has 1 fully saturated rings. The molecule has 0 saturated heterocycles. The molecule has 1 aromatic heterocycles. The van der Waals surface area contributed by atoms with Gasteiger partial charge in [0.2, 0.25) is 5.91 Å². The second-order valence-corrected chi connectivity index (χ2v) is 5.66. The van der Waals surface area contributed by atoms with Crippen LogP contribution in [-0.4, -0.2) is 10.9 Å². The number of primary amides is 1. The van der Waals surface area contributed by atoms with Crippen LogP contribution in [0, 0.1) is 0 Å². The minimum atomic E-state index is -0.472. The molecular formula is C11H10N2OS2. The highest BCUT2D eigenvalue weighted by Crippen LogP contribution is 2.50. The summed E-state index contributed by atoms with van der Waals surface area (Å²) in [5, 5.41) is 0.855. The molecule has 16 heavy (non-hydrogen) atoms. The summed E-state index contributed by atoms with van der Waals surface area (Å²) in [6.45, 7) is 0. The van der Waals surface area contributed by atoms with E-state index in [0.717, 1.165) is 33.0 Å². The van der Waals surface area contributed by atoms with Crippen molar-refractivity contribution in [2.45, 2.75) is 23.2 Å². The highest BCUT2D eigenvalue weighted by molar-refractivity contribution is 7.80. The van der Waals surface area contributed by atoms with Gasteiger partial charge in [-0.05, 0) is 31.0 Å². The van der Waals surface area contributed by atoms with Gasteiger partial charge >= 0.3 is 0 Å². The van der Waals surface area contributed by atoms with Crippen LogP contribution in [0.5, 0.6) is 0 Å². The van der Waals surface area contributed by atoms with Gasteiger partial charge in [-0.3, -0.25) is 4.79 Å². The number of fused-ring (bicyclic) bond motifs is 1. The average molecular weight is 250 g/mol. The molecule has 3 rings (SSSR count). The topological polar surface area (TPSA) is 56.0 Å². The number of hydrogen-bond donors (Lipinski definition) is 2. The molecular weight excluding hydrogens is 240 g/mol. The number of carbonyl (C=O) groups is 1. The van der Waals surface area contributed by atoms with Gasteiger partial charge in [0, 0.05) is 4.90 Å². The van der Waals surface area contributed by atoms with Crippen LogP contribution < -0.4 is 5.73 Å². The van der Waals surface area contributed by atoms with Crippen molar-refractivity contribution in [3.63, 3.8) is 0 Å². The summed E-state index contributed by atoms with van der Waals surface area (Å²) >= 11 is 5.83. The highest BCUT2D eigenvalue weighted by Gasteiger charge is 2.52. The Bertz CT molecular complexity index is 587. The summed E-state index contributed by atoms with van der Waals surface area (Å²) in [6.07, 6.45) is 1.66. The molecule has 1 amide bonds. The molecule has 0 aliphatic heterocycles. The van der Waals surface area contributed by atoms with Crippen LogP contribution in [0.25, 0.3) is 10.2 Å². The third-order valence-electron chi connectivity index (χ3n) is 3.00. The van der Waals surface area contributed by atoms with Crippen LogP contribution in [0.15, 0.2) is 23.1 Å². The largest absolute Gasteiger partial charge is 0.369 e. The van der Waals surface area contributed by atoms with Gasteiger partial charge in [-0.15, -0.1) is 24.0 Å². The van der Waals surface area contributed by atoms with E-state index >= 15 is 0 Å². The fraction of sp³-hybridized carbons (Fsp3) is 0.273. The Balaban J connectivity index is 2.16. The number of rotatable bonds is 2. The van der Waals surface area contributed by atoms with Gasteiger partial charge in [0.1, 0.15) is 10.4 Å². The number of benzene rings is 1. The lowest BCUT2D eigenvalue weighted by molar-refractivity contribution is -0.120. The summed E-state index contributed by atoms with van der Waals surface area (Å²) in [5.41, 5.74) is 5.88. The van der Waals surface area contributed by atoms with Crippen LogP contribution in [-0.2, 0) is 10.2 Å². The van der Waals surface area contributed by atoms with Crippen molar-refractivity contribution < 1.29 is 4.79 Å². The number of thiol groups is 1. The van der Waals surface area contributed by atoms with E-state index in [0.29, 0.717) is 0 Å². The first-order valence-corrected chi connectivity index (χ1v) is 6.28. The number of carbonyl (C=O) groups excluding carboxylic acids is 1. The van der Waals surface area contributed by atoms with E-state index in [2.05, 4.69) is 17.6 Å². The lowest BCUT2D eigenvalue weighted by Gasteiger charge is -2.04. The molecule has 82 valence electrons. The van der Waals surface area contributed by atoms with Crippen molar-refractivity contribution in [1.82, 2.24) is 4.98 Å². The first-order valence-electron chi connectivity index (χ1n) is 5.02. The molecule has 2 N–H and O–H groups in total. The molecule has 1 heterocycles. The van der Waals surface area contributed by atoms with Crippen LogP contribution in [0.4, 0.5) is 0 Å². The summed E-state index contributed by atoms with van der Waals surface area (Å²) < 4.78 is 1.06. The Hall–Kier alpha value is -1.07. The van der Waals surface area contributed by atoms with E-state index in [1.165, 1.54) is 0 Å². The van der Waals surface area contributed by atoms with E-state index in [1.807, 2.05) is 18.2 Å². The molecule has 1 aliphatic carbocycles. The fourth-order valence-electron chi connectivity index (χ4n) is 1.81. The normalized spacial score (nSPS) is 17.6. The lowest BCUT2D eigenvalue weighted by atomic mass is 10.1. The SMILES string of the molecule is NC(=O)C1(c2nc3ccc(S)cc3s2)CC1. The average Bonchev–Trinajstić information content (AvgIpc) is 2.94. The van der Waals surface area contributed by atoms with Crippen molar-refractivity contribution in [2.75, 3.05) is 0 Å². The zero-order valence-corrected chi connectivity index (χ0v) is 10.1. The quantitative estimate of drug-likeness (QED) is 0.802. The Labute approximate surface area is 102 Å². The van der Waals surface area contributed by atoms with Gasteiger partial charge < -0.3 is 5.73 Å². The minimum absolute atomic E-state index is 0.252. The third-order valence-corrected chi connectivity index (χ3v) is 4.50. The molecule has 3 nitrogen and oxygen atoms in total. The van der Waals surface area contributed by atoms with Crippen molar-refractivity contribution in [1.29, 1.82) is 0 Å². The zero-order valence-electron chi connectivity index (χ0n) is 8.43. The summed E-state index contributed by atoms with van der Waals surface area (Å²) in [7, 11) is 0. The molecule has 0 atom stereocenters. The monoisotopic (exact) mass is 250 g/mol. The fourth-order valence-corrected chi connectivity index (χ4v) is 3.36. The highest BCUT2D eigenvalue weighted by atomic mass is 32.1. The van der Waals surface area contributed by atoms with Crippen LogP contribution in [0.3, 0.4) is 0 Å². The minimum Gasteiger partial charge on any atom is -0.369 e. The summed E-state index contributed by atoms with van der Waals surface area (Å²) in [4.78, 5) is 16.8. The number of nitrogens with two attached hydrogens (primary N) is 1. The van der Waals surface area contributed by atoms with Gasteiger partial charge in [-0.1, -0.05) is 0 Å². The second kappa shape index (κ2) is 3.21. The smallest absolute Gasteiger partial charge is 0.230 e. The molecule has 1 aromatic carbocycles. The number of hydrogen-bond acceptors (Lipinski definition) is 4. The molecule has 0 unspecified atom stereocenters. The van der Waals surface area contributed by atoms with Gasteiger partial charge in [0.05, 0.1) is 10.2 Å². The van der Waals surface area contributed by atoms with E-state index < -0.39 is 5.41 Å². The maximum absolute atomic E-state index is 11.4. The molecule has 2 aromatic rings. The molecule has 0 radical (unpaired) electrons. The van der Waals surface area contributed by atoms with Crippen molar-refractivity contribution >= 4 is 40.1 Å². The van der Waals surface area contributed by atoms with Crippen LogP contribution >= 0.6 is 24.0 Å². The van der Waals surface area contributed by atoms with Crippen LogP contribution in [0.2, 0.25) is 0 Å². The third kappa shape index (κ3) is 1.35. The standard InChI is InChI=1S/C11H10N2OS2/c12-9(14)11(3-4-11)10-13-7-2-1-6(15)5-8(7)16-10/h1-2,5,15H,3-4H2,(H2,12,14). The van der Waals surface area contributed by atoms with Gasteiger partial charge in [-0.2, -0.15) is 0 Å². The first-order chi connectivity index (χ1) is 7.62. The number of nitrogens with zero attached hydrogens (tertiary/aromatic N) is 1. The molecule has 0 spiro atoms. The maximum Gasteiger partial charge on any atom is 0.230 e. The second-order valence-electron chi connectivity index (χ2n) is 4.12. The van der Waals surface area contributed by atoms with E-state index in [9.17, 15) is 4.79 Å². The van der Waals surface area contributed by atoms with Gasteiger partial charge in [0.15, 0.2) is 0 Å². The van der Waals surface area contributed by atoms with Gasteiger partial charge in [0.25, 0.3) is 0 Å². The van der Waals surface area contributed by atoms with Crippen molar-refractivity contribution in [2.24, 2.45) is 5.73 Å². The Morgan fingerprint density at radius 3 is 2.88 bits per heavy atom. The number of amides is 1.